The Bertz CT molecular complexity index is 1140. The number of ether oxygens (including phenoxy) is 3. The third-order valence-corrected chi connectivity index (χ3v) is 6.44. The topological polar surface area (TPSA) is 87.5 Å². The van der Waals surface area contributed by atoms with Crippen molar-refractivity contribution in [2.75, 3.05) is 25.3 Å². The van der Waals surface area contributed by atoms with E-state index in [1.165, 1.54) is 17.3 Å². The fraction of sp³-hybridized carbons (Fsp3) is 0.423. The number of benzene rings is 2. The Labute approximate surface area is 211 Å². The Morgan fingerprint density at radius 3 is 2.34 bits per heavy atom. The van der Waals surface area contributed by atoms with Crippen LogP contribution in [0.25, 0.3) is 0 Å². The molecule has 0 spiro atoms. The molecule has 8 nitrogen and oxygen atoms in total. The average molecular weight is 499 g/mol. The van der Waals surface area contributed by atoms with Gasteiger partial charge in [0.2, 0.25) is 5.91 Å². The molecule has 0 saturated carbocycles. The number of nitrogens with zero attached hydrogens (tertiary/aromatic N) is 3. The van der Waals surface area contributed by atoms with Crippen LogP contribution in [0.3, 0.4) is 0 Å². The molecule has 2 aromatic carbocycles. The van der Waals surface area contributed by atoms with Gasteiger partial charge in [0.05, 0.1) is 25.7 Å². The summed E-state index contributed by atoms with van der Waals surface area (Å²) in [6.07, 6.45) is -0.299. The molecule has 1 unspecified atom stereocenters. The molecule has 9 heteroatoms. The molecule has 0 aliphatic rings. The quantitative estimate of drug-likeness (QED) is 0.370. The summed E-state index contributed by atoms with van der Waals surface area (Å²) < 4.78 is 18.7. The zero-order chi connectivity index (χ0) is 25.6. The smallest absolute Gasteiger partial charge is 0.234 e. The van der Waals surface area contributed by atoms with Crippen molar-refractivity contribution in [1.82, 2.24) is 14.8 Å². The average Bonchev–Trinajstić information content (AvgIpc) is 3.25. The number of nitrogens with one attached hydrogen (secondary N) is 1. The lowest BCUT2D eigenvalue weighted by Crippen LogP contribution is -2.16. The van der Waals surface area contributed by atoms with E-state index in [0.717, 1.165) is 5.75 Å². The van der Waals surface area contributed by atoms with E-state index >= 15 is 0 Å². The maximum absolute atomic E-state index is 12.6. The fourth-order valence-electron chi connectivity index (χ4n) is 3.52. The minimum absolute atomic E-state index is 0.0860. The Morgan fingerprint density at radius 2 is 1.74 bits per heavy atom. The normalized spacial score (nSPS) is 12.2. The zero-order valence-corrected chi connectivity index (χ0v) is 22.2. The molecule has 3 aromatic rings. The molecule has 0 bridgehead atoms. The van der Waals surface area contributed by atoms with Crippen LogP contribution in [0.1, 0.15) is 52.1 Å². The van der Waals surface area contributed by atoms with Gasteiger partial charge in [-0.05, 0) is 49.1 Å². The van der Waals surface area contributed by atoms with Gasteiger partial charge in [-0.1, -0.05) is 44.7 Å². The molecule has 0 saturated heterocycles. The van der Waals surface area contributed by atoms with E-state index in [1.54, 1.807) is 32.4 Å². The number of hydrogen-bond acceptors (Lipinski definition) is 7. The summed E-state index contributed by atoms with van der Waals surface area (Å²) >= 11 is 1.32. The SMILES string of the molecule is CCn1c(SCC(=O)Nc2cc(OC)ccc2OC)nnc1C(C)Oc1ccc(C(C)(C)C)cc1. The number of rotatable bonds is 10. The number of aromatic nitrogens is 3. The molecule has 35 heavy (non-hydrogen) atoms. The van der Waals surface area contributed by atoms with Gasteiger partial charge in [-0.25, -0.2) is 0 Å². The van der Waals surface area contributed by atoms with E-state index in [2.05, 4.69) is 48.4 Å². The molecule has 3 rings (SSSR count). The minimum Gasteiger partial charge on any atom is -0.497 e. The van der Waals surface area contributed by atoms with Crippen molar-refractivity contribution in [2.45, 2.75) is 57.8 Å². The molecule has 0 radical (unpaired) electrons. The number of carbonyl (C=O) groups is 1. The van der Waals surface area contributed by atoms with E-state index in [0.29, 0.717) is 34.7 Å². The first-order valence-corrected chi connectivity index (χ1v) is 12.5. The van der Waals surface area contributed by atoms with Crippen molar-refractivity contribution >= 4 is 23.4 Å². The van der Waals surface area contributed by atoms with Gasteiger partial charge in [0.1, 0.15) is 17.2 Å². The number of hydrogen-bond donors (Lipinski definition) is 1. The summed E-state index contributed by atoms with van der Waals surface area (Å²) in [5.41, 5.74) is 1.88. The molecular weight excluding hydrogens is 464 g/mol. The van der Waals surface area contributed by atoms with E-state index in [1.807, 2.05) is 30.5 Å². The second-order valence-electron chi connectivity index (χ2n) is 9.02. The lowest BCUT2D eigenvalue weighted by Gasteiger charge is -2.20. The summed E-state index contributed by atoms with van der Waals surface area (Å²) in [7, 11) is 3.13. The van der Waals surface area contributed by atoms with Gasteiger partial charge in [-0.3, -0.25) is 4.79 Å². The summed E-state index contributed by atoms with van der Waals surface area (Å²) in [6, 6.07) is 13.4. The lowest BCUT2D eigenvalue weighted by molar-refractivity contribution is -0.113. The summed E-state index contributed by atoms with van der Waals surface area (Å²) in [4.78, 5) is 12.6. The van der Waals surface area contributed by atoms with E-state index in [-0.39, 0.29) is 23.2 Å². The van der Waals surface area contributed by atoms with Crippen LogP contribution >= 0.6 is 11.8 Å². The molecule has 1 aromatic heterocycles. The molecular formula is C26H34N4O4S. The van der Waals surface area contributed by atoms with Gasteiger partial charge < -0.3 is 24.1 Å². The van der Waals surface area contributed by atoms with Gasteiger partial charge in [0, 0.05) is 12.6 Å². The number of thioether (sulfide) groups is 1. The third-order valence-electron chi connectivity index (χ3n) is 5.47. The monoisotopic (exact) mass is 498 g/mol. The Hall–Kier alpha value is -3.20. The van der Waals surface area contributed by atoms with Crippen LogP contribution in [0.5, 0.6) is 17.2 Å². The fourth-order valence-corrected chi connectivity index (χ4v) is 4.33. The molecule has 1 atom stereocenters. The van der Waals surface area contributed by atoms with Gasteiger partial charge in [0.25, 0.3) is 0 Å². The van der Waals surface area contributed by atoms with Gasteiger partial charge >= 0.3 is 0 Å². The molecule has 1 heterocycles. The van der Waals surface area contributed by atoms with Crippen molar-refractivity contribution in [3.63, 3.8) is 0 Å². The lowest BCUT2D eigenvalue weighted by atomic mass is 9.87. The van der Waals surface area contributed by atoms with E-state index in [4.69, 9.17) is 14.2 Å². The molecule has 1 N–H and O–H groups in total. The summed E-state index contributed by atoms with van der Waals surface area (Å²) in [5.74, 6) is 2.66. The Balaban J connectivity index is 1.65. The third kappa shape index (κ3) is 6.69. The van der Waals surface area contributed by atoms with Gasteiger partial charge in [-0.15, -0.1) is 10.2 Å². The van der Waals surface area contributed by atoms with Crippen molar-refractivity contribution in [3.05, 3.63) is 53.9 Å². The highest BCUT2D eigenvalue weighted by atomic mass is 32.2. The molecule has 0 fully saturated rings. The van der Waals surface area contributed by atoms with Crippen LogP contribution in [0.2, 0.25) is 0 Å². The Kier molecular flexibility index (Phi) is 8.67. The Morgan fingerprint density at radius 1 is 1.06 bits per heavy atom. The maximum Gasteiger partial charge on any atom is 0.234 e. The minimum atomic E-state index is -0.299. The van der Waals surface area contributed by atoms with E-state index < -0.39 is 0 Å². The highest BCUT2D eigenvalue weighted by Gasteiger charge is 2.20. The number of methoxy groups -OCH3 is 2. The number of anilines is 1. The molecule has 0 aliphatic carbocycles. The standard InChI is InChI=1S/C26H34N4O4S/c1-8-30-24(17(2)34-19-11-9-18(10-12-19)26(3,4)5)28-29-25(30)35-16-23(31)27-21-15-20(32-6)13-14-22(21)33-7/h9-15,17H,8,16H2,1-7H3,(H,27,31). The summed E-state index contributed by atoms with van der Waals surface area (Å²) in [5, 5.41) is 12.2. The van der Waals surface area contributed by atoms with Crippen LogP contribution in [0.15, 0.2) is 47.6 Å². The van der Waals surface area contributed by atoms with Gasteiger partial charge in [0.15, 0.2) is 17.1 Å². The number of amides is 1. The van der Waals surface area contributed by atoms with Crippen molar-refractivity contribution in [1.29, 1.82) is 0 Å². The predicted molar refractivity (Wildman–Crippen MR) is 139 cm³/mol. The second-order valence-corrected chi connectivity index (χ2v) is 9.97. The van der Waals surface area contributed by atoms with E-state index in [9.17, 15) is 4.79 Å². The highest BCUT2D eigenvalue weighted by molar-refractivity contribution is 7.99. The van der Waals surface area contributed by atoms with Crippen LogP contribution < -0.4 is 19.5 Å². The van der Waals surface area contributed by atoms with Crippen molar-refractivity contribution in [2.24, 2.45) is 0 Å². The highest BCUT2D eigenvalue weighted by Crippen LogP contribution is 2.30. The van der Waals surface area contributed by atoms with Crippen LogP contribution in [-0.4, -0.2) is 40.6 Å². The summed E-state index contributed by atoms with van der Waals surface area (Å²) in [6.45, 7) is 11.2. The zero-order valence-electron chi connectivity index (χ0n) is 21.4. The first kappa shape index (κ1) is 26.4. The van der Waals surface area contributed by atoms with Gasteiger partial charge in [-0.2, -0.15) is 0 Å². The molecule has 188 valence electrons. The number of carbonyl (C=O) groups excluding carboxylic acids is 1. The largest absolute Gasteiger partial charge is 0.497 e. The van der Waals surface area contributed by atoms with Crippen LogP contribution in [0, 0.1) is 0 Å². The first-order valence-electron chi connectivity index (χ1n) is 11.5. The first-order chi connectivity index (χ1) is 16.7. The predicted octanol–water partition coefficient (Wildman–Crippen LogP) is 5.48. The van der Waals surface area contributed by atoms with Crippen LogP contribution in [0.4, 0.5) is 5.69 Å². The van der Waals surface area contributed by atoms with Crippen LogP contribution in [-0.2, 0) is 16.8 Å². The second kappa shape index (κ2) is 11.5. The van der Waals surface area contributed by atoms with Crippen molar-refractivity contribution < 1.29 is 19.0 Å². The molecule has 1 amide bonds. The van der Waals surface area contributed by atoms with Crippen molar-refractivity contribution in [3.8, 4) is 17.2 Å². The molecule has 0 aliphatic heterocycles. The maximum atomic E-state index is 12.6.